The molecule has 1 aliphatic carbocycles. The maximum absolute atomic E-state index is 5.73. The largest absolute Gasteiger partial charge is 0.370 e. The number of methoxy groups -OCH3 is 1. The van der Waals surface area contributed by atoms with Crippen molar-refractivity contribution in [2.45, 2.75) is 57.1 Å². The van der Waals surface area contributed by atoms with E-state index in [0.717, 1.165) is 25.7 Å². The van der Waals surface area contributed by atoms with Crippen molar-refractivity contribution in [1.29, 1.82) is 0 Å². The van der Waals surface area contributed by atoms with Crippen molar-refractivity contribution >= 4 is 0 Å². The normalized spacial score (nSPS) is 22.1. The minimum Gasteiger partial charge on any atom is -0.370 e. The van der Waals surface area contributed by atoms with Gasteiger partial charge < -0.3 is 15.0 Å². The monoisotopic (exact) mass is 239 g/mol. The maximum atomic E-state index is 5.73. The molecule has 1 unspecified atom stereocenters. The van der Waals surface area contributed by atoms with Gasteiger partial charge in [0.1, 0.15) is 5.60 Å². The summed E-state index contributed by atoms with van der Waals surface area (Å²) in [5, 5.41) is 4.05. The van der Waals surface area contributed by atoms with Gasteiger partial charge in [0.25, 0.3) is 0 Å². The molecule has 17 heavy (non-hydrogen) atoms. The van der Waals surface area contributed by atoms with Gasteiger partial charge in [0.15, 0.2) is 0 Å². The molecule has 1 aromatic rings. The van der Waals surface area contributed by atoms with Crippen LogP contribution in [0.2, 0.25) is 0 Å². The van der Waals surface area contributed by atoms with E-state index in [4.69, 9.17) is 15.0 Å². The maximum Gasteiger partial charge on any atom is 0.243 e. The summed E-state index contributed by atoms with van der Waals surface area (Å²) >= 11 is 0. The zero-order valence-corrected chi connectivity index (χ0v) is 10.6. The van der Waals surface area contributed by atoms with Gasteiger partial charge in [-0.15, -0.1) is 0 Å². The van der Waals surface area contributed by atoms with Crippen LogP contribution in [0.5, 0.6) is 0 Å². The van der Waals surface area contributed by atoms with Crippen LogP contribution in [0.4, 0.5) is 0 Å². The highest BCUT2D eigenvalue weighted by atomic mass is 16.5. The molecule has 0 bridgehead atoms. The quantitative estimate of drug-likeness (QED) is 0.819. The Morgan fingerprint density at radius 3 is 2.41 bits per heavy atom. The molecule has 0 aliphatic heterocycles. The molecule has 0 spiro atoms. The van der Waals surface area contributed by atoms with E-state index in [2.05, 4.69) is 10.1 Å². The number of hydrogen-bond acceptors (Lipinski definition) is 5. The number of rotatable bonds is 3. The van der Waals surface area contributed by atoms with Crippen LogP contribution in [0.1, 0.15) is 63.2 Å². The molecule has 0 saturated heterocycles. The van der Waals surface area contributed by atoms with Crippen molar-refractivity contribution in [2.24, 2.45) is 5.73 Å². The second-order valence-electron chi connectivity index (χ2n) is 4.86. The molecule has 5 heteroatoms. The van der Waals surface area contributed by atoms with Crippen LogP contribution in [0, 0.1) is 0 Å². The SMILES string of the molecule is COC1(c2noc(C(C)N)n2)CCCCCC1. The third-order valence-corrected chi connectivity index (χ3v) is 3.54. The van der Waals surface area contributed by atoms with Gasteiger partial charge in [0, 0.05) is 7.11 Å². The summed E-state index contributed by atoms with van der Waals surface area (Å²) in [4.78, 5) is 4.39. The van der Waals surface area contributed by atoms with Gasteiger partial charge in [-0.1, -0.05) is 30.8 Å². The smallest absolute Gasteiger partial charge is 0.243 e. The highest BCUT2D eigenvalue weighted by molar-refractivity contribution is 5.03. The van der Waals surface area contributed by atoms with Gasteiger partial charge in [-0.2, -0.15) is 4.98 Å². The van der Waals surface area contributed by atoms with Crippen LogP contribution >= 0.6 is 0 Å². The summed E-state index contributed by atoms with van der Waals surface area (Å²) in [5.74, 6) is 1.15. The molecule has 1 saturated carbocycles. The zero-order chi connectivity index (χ0) is 12.3. The Morgan fingerprint density at radius 2 is 1.94 bits per heavy atom. The fraction of sp³-hybridized carbons (Fsp3) is 0.833. The van der Waals surface area contributed by atoms with Gasteiger partial charge in [-0.3, -0.25) is 0 Å². The van der Waals surface area contributed by atoms with E-state index in [9.17, 15) is 0 Å². The summed E-state index contributed by atoms with van der Waals surface area (Å²) in [5.41, 5.74) is 5.37. The van der Waals surface area contributed by atoms with Crippen LogP contribution < -0.4 is 5.73 Å². The van der Waals surface area contributed by atoms with Crippen molar-refractivity contribution in [2.75, 3.05) is 7.11 Å². The molecular weight excluding hydrogens is 218 g/mol. The average Bonchev–Trinajstić information content (AvgIpc) is 2.70. The van der Waals surface area contributed by atoms with E-state index in [1.807, 2.05) is 6.92 Å². The summed E-state index contributed by atoms with van der Waals surface area (Å²) in [6.45, 7) is 1.84. The second-order valence-corrected chi connectivity index (χ2v) is 4.86. The molecule has 1 aliphatic rings. The number of nitrogens with two attached hydrogens (primary N) is 1. The van der Waals surface area contributed by atoms with E-state index in [1.165, 1.54) is 12.8 Å². The van der Waals surface area contributed by atoms with Crippen molar-refractivity contribution < 1.29 is 9.26 Å². The molecular formula is C12H21N3O2. The Balaban J connectivity index is 2.25. The highest BCUT2D eigenvalue weighted by Crippen LogP contribution is 2.37. The molecule has 1 heterocycles. The van der Waals surface area contributed by atoms with Gasteiger partial charge in [-0.25, -0.2) is 0 Å². The lowest BCUT2D eigenvalue weighted by atomic mass is 9.93. The number of nitrogens with zero attached hydrogens (tertiary/aromatic N) is 2. The number of aromatic nitrogens is 2. The second kappa shape index (κ2) is 5.14. The van der Waals surface area contributed by atoms with Crippen LogP contribution in [0.3, 0.4) is 0 Å². The summed E-state index contributed by atoms with van der Waals surface area (Å²) in [6, 6.07) is -0.226. The predicted molar refractivity (Wildman–Crippen MR) is 63.3 cm³/mol. The van der Waals surface area contributed by atoms with E-state index >= 15 is 0 Å². The third kappa shape index (κ3) is 2.50. The molecule has 5 nitrogen and oxygen atoms in total. The first-order chi connectivity index (χ1) is 8.18. The third-order valence-electron chi connectivity index (χ3n) is 3.54. The molecule has 2 rings (SSSR count). The molecule has 1 aromatic heterocycles. The van der Waals surface area contributed by atoms with Crippen LogP contribution in [0.15, 0.2) is 4.52 Å². The minimum atomic E-state index is -0.368. The average molecular weight is 239 g/mol. The Kier molecular flexibility index (Phi) is 3.79. The Hall–Kier alpha value is -0.940. The van der Waals surface area contributed by atoms with Gasteiger partial charge in [0.2, 0.25) is 11.7 Å². The van der Waals surface area contributed by atoms with Crippen LogP contribution in [0.25, 0.3) is 0 Å². The molecule has 0 radical (unpaired) electrons. The first-order valence-electron chi connectivity index (χ1n) is 6.33. The van der Waals surface area contributed by atoms with Gasteiger partial charge in [-0.05, 0) is 19.8 Å². The van der Waals surface area contributed by atoms with Gasteiger partial charge in [0.05, 0.1) is 6.04 Å². The number of hydrogen-bond donors (Lipinski definition) is 1. The van der Waals surface area contributed by atoms with E-state index in [1.54, 1.807) is 7.11 Å². The van der Waals surface area contributed by atoms with Crippen LogP contribution in [-0.2, 0) is 10.3 Å². The minimum absolute atomic E-state index is 0.226. The van der Waals surface area contributed by atoms with Crippen molar-refractivity contribution in [3.8, 4) is 0 Å². The first kappa shape index (κ1) is 12.5. The molecule has 0 amide bonds. The lowest BCUT2D eigenvalue weighted by molar-refractivity contribution is -0.0365. The highest BCUT2D eigenvalue weighted by Gasteiger charge is 2.37. The van der Waals surface area contributed by atoms with E-state index < -0.39 is 0 Å². The predicted octanol–water partition coefficient (Wildman–Crippen LogP) is 2.29. The first-order valence-corrected chi connectivity index (χ1v) is 6.33. The van der Waals surface area contributed by atoms with Crippen molar-refractivity contribution in [1.82, 2.24) is 10.1 Å². The standard InChI is InChI=1S/C12H21N3O2/c1-9(13)10-14-11(15-17-10)12(16-2)7-5-3-4-6-8-12/h9H,3-8,13H2,1-2H3. The molecule has 1 fully saturated rings. The molecule has 1 atom stereocenters. The fourth-order valence-corrected chi connectivity index (χ4v) is 2.42. The van der Waals surface area contributed by atoms with Crippen molar-refractivity contribution in [3.05, 3.63) is 11.7 Å². The molecule has 96 valence electrons. The fourth-order valence-electron chi connectivity index (χ4n) is 2.42. The van der Waals surface area contributed by atoms with Crippen LogP contribution in [-0.4, -0.2) is 17.3 Å². The zero-order valence-electron chi connectivity index (χ0n) is 10.6. The Labute approximate surface area is 102 Å². The van der Waals surface area contributed by atoms with Gasteiger partial charge >= 0.3 is 0 Å². The Morgan fingerprint density at radius 1 is 1.29 bits per heavy atom. The lowest BCUT2D eigenvalue weighted by Crippen LogP contribution is -2.29. The molecule has 2 N–H and O–H groups in total. The van der Waals surface area contributed by atoms with E-state index in [-0.39, 0.29) is 11.6 Å². The van der Waals surface area contributed by atoms with E-state index in [0.29, 0.717) is 11.7 Å². The van der Waals surface area contributed by atoms with Crippen molar-refractivity contribution in [3.63, 3.8) is 0 Å². The lowest BCUT2D eigenvalue weighted by Gasteiger charge is -2.27. The Bertz CT molecular complexity index is 354. The summed E-state index contributed by atoms with van der Waals surface area (Å²) < 4.78 is 10.9. The topological polar surface area (TPSA) is 74.2 Å². The molecule has 0 aromatic carbocycles. The summed E-state index contributed by atoms with van der Waals surface area (Å²) in [7, 11) is 1.73. The number of ether oxygens (including phenoxy) is 1. The summed E-state index contributed by atoms with van der Waals surface area (Å²) in [6.07, 6.45) is 6.72.